The number of aliphatic hydroxyl groups is 1. The summed E-state index contributed by atoms with van der Waals surface area (Å²) in [4.78, 5) is 0.281. The predicted molar refractivity (Wildman–Crippen MR) is 74.3 cm³/mol. The molecule has 1 aliphatic rings. The zero-order valence-corrected chi connectivity index (χ0v) is 12.0. The molecule has 5 heteroatoms. The van der Waals surface area contributed by atoms with Crippen LogP contribution in [0.4, 0.5) is 0 Å². The molecule has 0 saturated heterocycles. The highest BCUT2D eigenvalue weighted by Gasteiger charge is 2.25. The van der Waals surface area contributed by atoms with Gasteiger partial charge in [0.1, 0.15) is 0 Å². The highest BCUT2D eigenvalue weighted by atomic mass is 32.2. The fourth-order valence-corrected chi connectivity index (χ4v) is 3.54. The van der Waals surface area contributed by atoms with Crippen molar-refractivity contribution in [3.05, 3.63) is 29.8 Å². The molecule has 2 atom stereocenters. The second-order valence-electron chi connectivity index (χ2n) is 5.28. The molecule has 0 spiro atoms. The van der Waals surface area contributed by atoms with Crippen LogP contribution in [-0.2, 0) is 10.0 Å². The molecule has 1 aliphatic carbocycles. The molecule has 2 unspecified atom stereocenters. The van der Waals surface area contributed by atoms with Crippen LogP contribution in [0.15, 0.2) is 29.2 Å². The van der Waals surface area contributed by atoms with Gasteiger partial charge in [-0.05, 0) is 37.8 Å². The van der Waals surface area contributed by atoms with Crippen LogP contribution in [0.5, 0.6) is 0 Å². The van der Waals surface area contributed by atoms with Gasteiger partial charge < -0.3 is 5.11 Å². The van der Waals surface area contributed by atoms with Crippen molar-refractivity contribution in [2.75, 3.05) is 6.54 Å². The van der Waals surface area contributed by atoms with Gasteiger partial charge in [0.05, 0.1) is 11.0 Å². The van der Waals surface area contributed by atoms with Crippen molar-refractivity contribution in [3.63, 3.8) is 0 Å². The lowest BCUT2D eigenvalue weighted by molar-refractivity contribution is 0.0724. The molecule has 2 N–H and O–H groups in total. The predicted octanol–water partition coefficient (Wildman–Crippen LogP) is 1.82. The van der Waals surface area contributed by atoms with Gasteiger partial charge in [-0.3, -0.25) is 0 Å². The zero-order valence-electron chi connectivity index (χ0n) is 11.2. The Bertz CT molecular complexity index is 510. The van der Waals surface area contributed by atoms with Crippen LogP contribution in [0.2, 0.25) is 0 Å². The van der Waals surface area contributed by atoms with Gasteiger partial charge in [0.15, 0.2) is 0 Å². The van der Waals surface area contributed by atoms with Crippen LogP contribution in [0, 0.1) is 12.8 Å². The Balaban J connectivity index is 1.99. The second kappa shape index (κ2) is 6.03. The Hall–Kier alpha value is -0.910. The van der Waals surface area contributed by atoms with Crippen molar-refractivity contribution >= 4 is 10.0 Å². The SMILES string of the molecule is Cc1ccc(S(=O)(=O)NCC2CCCCC2O)cc1. The number of aliphatic hydroxyl groups excluding tert-OH is 1. The van der Waals surface area contributed by atoms with E-state index in [1.807, 2.05) is 6.92 Å². The summed E-state index contributed by atoms with van der Waals surface area (Å²) < 4.78 is 26.8. The maximum absolute atomic E-state index is 12.1. The van der Waals surface area contributed by atoms with Crippen molar-refractivity contribution < 1.29 is 13.5 Å². The van der Waals surface area contributed by atoms with Gasteiger partial charge in [-0.2, -0.15) is 0 Å². The number of aryl methyl sites for hydroxylation is 1. The van der Waals surface area contributed by atoms with E-state index >= 15 is 0 Å². The first-order chi connectivity index (χ1) is 8.99. The minimum atomic E-state index is -3.46. The molecule has 4 nitrogen and oxygen atoms in total. The third kappa shape index (κ3) is 3.78. The summed E-state index contributed by atoms with van der Waals surface area (Å²) in [7, 11) is -3.46. The summed E-state index contributed by atoms with van der Waals surface area (Å²) in [6.45, 7) is 2.24. The first kappa shape index (κ1) is 14.5. The fraction of sp³-hybridized carbons (Fsp3) is 0.571. The maximum atomic E-state index is 12.1. The first-order valence-electron chi connectivity index (χ1n) is 6.73. The third-order valence-corrected chi connectivity index (χ3v) is 5.18. The van der Waals surface area contributed by atoms with E-state index in [-0.39, 0.29) is 16.9 Å². The monoisotopic (exact) mass is 283 g/mol. The molecule has 19 heavy (non-hydrogen) atoms. The summed E-state index contributed by atoms with van der Waals surface area (Å²) >= 11 is 0. The molecule has 1 saturated carbocycles. The van der Waals surface area contributed by atoms with E-state index in [1.165, 1.54) is 0 Å². The Kier molecular flexibility index (Phi) is 4.60. The van der Waals surface area contributed by atoms with E-state index in [0.29, 0.717) is 6.54 Å². The number of benzene rings is 1. The van der Waals surface area contributed by atoms with Gasteiger partial charge in [0, 0.05) is 6.54 Å². The van der Waals surface area contributed by atoms with Crippen LogP contribution >= 0.6 is 0 Å². The molecule has 1 fully saturated rings. The molecular formula is C14H21NO3S. The number of rotatable bonds is 4. The summed E-state index contributed by atoms with van der Waals surface area (Å²) in [5, 5.41) is 9.84. The van der Waals surface area contributed by atoms with Gasteiger partial charge in [0.25, 0.3) is 0 Å². The Morgan fingerprint density at radius 3 is 2.47 bits per heavy atom. The van der Waals surface area contributed by atoms with Crippen molar-refractivity contribution in [3.8, 4) is 0 Å². The van der Waals surface area contributed by atoms with E-state index in [2.05, 4.69) is 4.72 Å². The smallest absolute Gasteiger partial charge is 0.240 e. The fourth-order valence-electron chi connectivity index (χ4n) is 2.44. The molecule has 2 rings (SSSR count). The maximum Gasteiger partial charge on any atom is 0.240 e. The van der Waals surface area contributed by atoms with Crippen molar-refractivity contribution in [2.45, 2.75) is 43.6 Å². The van der Waals surface area contributed by atoms with Crippen LogP contribution in [0.1, 0.15) is 31.2 Å². The number of sulfonamides is 1. The quantitative estimate of drug-likeness (QED) is 0.886. The molecular weight excluding hydrogens is 262 g/mol. The molecule has 0 amide bonds. The minimum absolute atomic E-state index is 0.0361. The highest BCUT2D eigenvalue weighted by molar-refractivity contribution is 7.89. The van der Waals surface area contributed by atoms with Crippen LogP contribution in [-0.4, -0.2) is 26.2 Å². The molecule has 0 radical (unpaired) electrons. The molecule has 106 valence electrons. The summed E-state index contributed by atoms with van der Waals surface area (Å²) in [5.74, 6) is 0.0361. The third-order valence-electron chi connectivity index (χ3n) is 3.74. The van der Waals surface area contributed by atoms with Gasteiger partial charge >= 0.3 is 0 Å². The van der Waals surface area contributed by atoms with Crippen molar-refractivity contribution in [2.24, 2.45) is 5.92 Å². The van der Waals surface area contributed by atoms with E-state index in [9.17, 15) is 13.5 Å². The Morgan fingerprint density at radius 2 is 1.84 bits per heavy atom. The van der Waals surface area contributed by atoms with E-state index in [4.69, 9.17) is 0 Å². The van der Waals surface area contributed by atoms with E-state index < -0.39 is 10.0 Å². The molecule has 0 heterocycles. The van der Waals surface area contributed by atoms with E-state index in [1.54, 1.807) is 24.3 Å². The summed E-state index contributed by atoms with van der Waals surface area (Å²) in [5.41, 5.74) is 1.03. The number of hydrogen-bond acceptors (Lipinski definition) is 3. The second-order valence-corrected chi connectivity index (χ2v) is 7.04. The normalized spacial score (nSPS) is 24.3. The average molecular weight is 283 g/mol. The van der Waals surface area contributed by atoms with Crippen LogP contribution in [0.3, 0.4) is 0 Å². The number of hydrogen-bond donors (Lipinski definition) is 2. The lowest BCUT2D eigenvalue weighted by Crippen LogP contribution is -2.36. The average Bonchev–Trinajstić information content (AvgIpc) is 2.38. The van der Waals surface area contributed by atoms with Gasteiger partial charge in [-0.25, -0.2) is 13.1 Å². The lowest BCUT2D eigenvalue weighted by Gasteiger charge is -2.27. The molecule has 0 aromatic heterocycles. The lowest BCUT2D eigenvalue weighted by atomic mass is 9.87. The summed E-state index contributed by atoms with van der Waals surface area (Å²) in [6.07, 6.45) is 3.37. The first-order valence-corrected chi connectivity index (χ1v) is 8.22. The molecule has 0 aliphatic heterocycles. The number of nitrogens with one attached hydrogen (secondary N) is 1. The van der Waals surface area contributed by atoms with Gasteiger partial charge in [-0.1, -0.05) is 30.5 Å². The minimum Gasteiger partial charge on any atom is -0.393 e. The molecule has 1 aromatic rings. The van der Waals surface area contributed by atoms with Crippen molar-refractivity contribution in [1.29, 1.82) is 0 Å². The highest BCUT2D eigenvalue weighted by Crippen LogP contribution is 2.24. The van der Waals surface area contributed by atoms with Gasteiger partial charge in [-0.15, -0.1) is 0 Å². The Labute approximate surface area is 114 Å². The standard InChI is InChI=1S/C14H21NO3S/c1-11-6-8-13(9-7-11)19(17,18)15-10-12-4-2-3-5-14(12)16/h6-9,12,14-16H,2-5,10H2,1H3. The molecule has 0 bridgehead atoms. The Morgan fingerprint density at radius 1 is 1.21 bits per heavy atom. The van der Waals surface area contributed by atoms with Crippen LogP contribution in [0.25, 0.3) is 0 Å². The zero-order chi connectivity index (χ0) is 13.9. The van der Waals surface area contributed by atoms with Gasteiger partial charge in [0.2, 0.25) is 10.0 Å². The van der Waals surface area contributed by atoms with Crippen molar-refractivity contribution in [1.82, 2.24) is 4.72 Å². The molecule has 1 aromatic carbocycles. The summed E-state index contributed by atoms with van der Waals surface area (Å²) in [6, 6.07) is 6.78. The largest absolute Gasteiger partial charge is 0.393 e. The topological polar surface area (TPSA) is 66.4 Å². The van der Waals surface area contributed by atoms with E-state index in [0.717, 1.165) is 31.2 Å². The van der Waals surface area contributed by atoms with Crippen LogP contribution < -0.4 is 4.72 Å².